The van der Waals surface area contributed by atoms with Crippen LogP contribution in [-0.2, 0) is 10.8 Å². The normalized spacial score (nSPS) is 14.6. The van der Waals surface area contributed by atoms with Crippen molar-refractivity contribution in [3.63, 3.8) is 0 Å². The molecule has 2 aliphatic carbocycles. The van der Waals surface area contributed by atoms with Crippen molar-refractivity contribution in [2.24, 2.45) is 9.98 Å². The summed E-state index contributed by atoms with van der Waals surface area (Å²) < 4.78 is 14.8. The maximum atomic E-state index is 9.32. The molecule has 0 unspecified atom stereocenters. The molecule has 0 radical (unpaired) electrons. The molecule has 3 heterocycles. The van der Waals surface area contributed by atoms with E-state index in [1.54, 1.807) is 11.3 Å². The molecule has 0 N–H and O–H groups in total. The first kappa shape index (κ1) is 35.8. The van der Waals surface area contributed by atoms with E-state index in [2.05, 4.69) is 87.9 Å². The number of benzene rings is 2. The summed E-state index contributed by atoms with van der Waals surface area (Å²) in [4.78, 5) is 10.5. The fourth-order valence-electron chi connectivity index (χ4n) is 7.10. The molecule has 0 fully saturated rings. The molecule has 0 atom stereocenters. The van der Waals surface area contributed by atoms with Gasteiger partial charge in [0, 0.05) is 43.1 Å². The van der Waals surface area contributed by atoms with Crippen LogP contribution < -0.4 is 9.47 Å². The van der Waals surface area contributed by atoms with Crippen molar-refractivity contribution in [3.8, 4) is 35.8 Å². The first-order valence-corrected chi connectivity index (χ1v) is 19.7. The molecule has 53 heavy (non-hydrogen) atoms. The standard InChI is InChI=1S/C42H34N6O2S3/c1-7-9-49-33-17-37(47-25(19-43)20-44)52-39(33)31-11-23-13-35-27(15-29(23)41(31,3)4)28-16-30-24(14-36(28)51-35)12-32(42(30,5)6)40-34(50-10-8-2)18-38(53-40)48-26(21-45)22-46/h11-18H,7-10H2,1-6H3. The van der Waals surface area contributed by atoms with Gasteiger partial charge in [-0.25, -0.2) is 9.98 Å². The summed E-state index contributed by atoms with van der Waals surface area (Å²) in [5.41, 5.74) is 5.96. The van der Waals surface area contributed by atoms with Crippen molar-refractivity contribution < 1.29 is 9.47 Å². The Hall–Kier alpha value is -5.56. The molecule has 3 aromatic heterocycles. The zero-order valence-electron chi connectivity index (χ0n) is 30.2. The summed E-state index contributed by atoms with van der Waals surface area (Å²) in [7, 11) is 0. The maximum Gasteiger partial charge on any atom is 0.219 e. The van der Waals surface area contributed by atoms with Crippen LogP contribution in [0.2, 0.25) is 0 Å². The first-order valence-electron chi connectivity index (χ1n) is 17.3. The number of aliphatic imine (C=N–C) groups is 2. The highest BCUT2D eigenvalue weighted by molar-refractivity contribution is 7.25. The quantitative estimate of drug-likeness (QED) is 0.130. The average Bonchev–Trinajstić information content (AvgIpc) is 3.93. The average molecular weight is 751 g/mol. The highest BCUT2D eigenvalue weighted by atomic mass is 32.1. The van der Waals surface area contributed by atoms with Crippen LogP contribution >= 0.6 is 34.0 Å². The van der Waals surface area contributed by atoms with Gasteiger partial charge in [0.15, 0.2) is 0 Å². The van der Waals surface area contributed by atoms with E-state index < -0.39 is 0 Å². The lowest BCUT2D eigenvalue weighted by Crippen LogP contribution is -2.16. The minimum Gasteiger partial charge on any atom is -0.492 e. The first-order chi connectivity index (χ1) is 25.5. The van der Waals surface area contributed by atoms with Gasteiger partial charge in [-0.15, -0.1) is 34.0 Å². The van der Waals surface area contributed by atoms with E-state index in [0.29, 0.717) is 23.2 Å². The molecule has 7 rings (SSSR count). The molecule has 0 bridgehead atoms. The molecular formula is C42H34N6O2S3. The van der Waals surface area contributed by atoms with Crippen molar-refractivity contribution in [1.82, 2.24) is 0 Å². The van der Waals surface area contributed by atoms with Crippen molar-refractivity contribution >= 4 is 98.9 Å². The van der Waals surface area contributed by atoms with Gasteiger partial charge in [-0.2, -0.15) is 21.0 Å². The Morgan fingerprint density at radius 3 is 1.36 bits per heavy atom. The second-order valence-electron chi connectivity index (χ2n) is 14.0. The lowest BCUT2D eigenvalue weighted by atomic mass is 9.79. The second-order valence-corrected chi connectivity index (χ2v) is 17.1. The zero-order valence-corrected chi connectivity index (χ0v) is 32.6. The van der Waals surface area contributed by atoms with Gasteiger partial charge in [-0.3, -0.25) is 0 Å². The van der Waals surface area contributed by atoms with Gasteiger partial charge in [0.2, 0.25) is 11.4 Å². The molecule has 11 heteroatoms. The summed E-state index contributed by atoms with van der Waals surface area (Å²) in [6.07, 6.45) is 6.19. The van der Waals surface area contributed by atoms with Crippen LogP contribution in [-0.4, -0.2) is 24.6 Å². The van der Waals surface area contributed by atoms with E-state index in [0.717, 1.165) is 45.2 Å². The zero-order chi connectivity index (χ0) is 37.7. The molecule has 0 spiro atoms. The summed E-state index contributed by atoms with van der Waals surface area (Å²) in [5.74, 6) is 1.43. The Labute approximate surface area is 320 Å². The lowest BCUT2D eigenvalue weighted by molar-refractivity contribution is 0.317. The molecule has 2 aliphatic rings. The van der Waals surface area contributed by atoms with Crippen LogP contribution in [0.5, 0.6) is 11.5 Å². The highest BCUT2D eigenvalue weighted by Crippen LogP contribution is 2.56. The van der Waals surface area contributed by atoms with Crippen molar-refractivity contribution in [2.45, 2.75) is 65.2 Å². The number of ether oxygens (including phenoxy) is 2. The minimum atomic E-state index is -0.350. The number of hydrogen-bond donors (Lipinski definition) is 0. The van der Waals surface area contributed by atoms with E-state index in [4.69, 9.17) is 9.47 Å². The van der Waals surface area contributed by atoms with Crippen molar-refractivity contribution in [1.29, 1.82) is 21.0 Å². The van der Waals surface area contributed by atoms with Crippen LogP contribution in [0.1, 0.15) is 86.4 Å². The topological polar surface area (TPSA) is 138 Å². The van der Waals surface area contributed by atoms with Crippen molar-refractivity contribution in [2.75, 3.05) is 13.2 Å². The van der Waals surface area contributed by atoms with Crippen LogP contribution in [0.15, 0.2) is 46.4 Å². The Bertz CT molecular complexity index is 2440. The Morgan fingerprint density at radius 2 is 1.00 bits per heavy atom. The van der Waals surface area contributed by atoms with Crippen LogP contribution in [0.4, 0.5) is 10.0 Å². The van der Waals surface area contributed by atoms with E-state index in [1.807, 2.05) is 36.4 Å². The third-order valence-corrected chi connectivity index (χ3v) is 13.0. The second kappa shape index (κ2) is 13.8. The number of rotatable bonds is 10. The molecule has 0 aliphatic heterocycles. The number of hydrogen-bond acceptors (Lipinski definition) is 11. The predicted molar refractivity (Wildman–Crippen MR) is 218 cm³/mol. The summed E-state index contributed by atoms with van der Waals surface area (Å²) in [5, 5.41) is 40.9. The monoisotopic (exact) mass is 750 g/mol. The van der Waals surface area contributed by atoms with E-state index in [1.165, 1.54) is 65.1 Å². The molecular weight excluding hydrogens is 717 g/mol. The molecule has 8 nitrogen and oxygen atoms in total. The SMILES string of the molecule is CCCOc1cc(N=C(C#N)C#N)sc1C1=Cc2cc3sc4cc5c(cc4c3cc2C1(C)C)C(C)(C)C(c1sc(N=C(C#N)C#N)cc1OCCC)=C5. The third kappa shape index (κ3) is 6.12. The molecule has 0 saturated carbocycles. The molecule has 5 aromatic rings. The van der Waals surface area contributed by atoms with Gasteiger partial charge >= 0.3 is 0 Å². The number of nitrogens with zero attached hydrogens (tertiary/aromatic N) is 6. The van der Waals surface area contributed by atoms with Crippen LogP contribution in [0.25, 0.3) is 43.5 Å². The molecule has 0 amide bonds. The smallest absolute Gasteiger partial charge is 0.219 e. The van der Waals surface area contributed by atoms with E-state index >= 15 is 0 Å². The van der Waals surface area contributed by atoms with Gasteiger partial charge in [-0.1, -0.05) is 41.5 Å². The Balaban J connectivity index is 1.30. The van der Waals surface area contributed by atoms with Crippen LogP contribution in [0, 0.1) is 45.3 Å². The van der Waals surface area contributed by atoms with Gasteiger partial charge in [0.25, 0.3) is 0 Å². The Kier molecular flexibility index (Phi) is 9.31. The van der Waals surface area contributed by atoms with Gasteiger partial charge in [-0.05, 0) is 82.7 Å². The number of thiophene rings is 3. The molecule has 262 valence electrons. The van der Waals surface area contributed by atoms with Crippen LogP contribution in [0.3, 0.4) is 0 Å². The fraction of sp³-hybridized carbons (Fsp3) is 0.286. The minimum absolute atomic E-state index is 0.184. The molecule has 0 saturated heterocycles. The van der Waals surface area contributed by atoms with Gasteiger partial charge in [0.05, 0.1) is 23.0 Å². The third-order valence-electron chi connectivity index (χ3n) is 9.76. The summed E-state index contributed by atoms with van der Waals surface area (Å²) in [6, 6.07) is 20.4. The largest absolute Gasteiger partial charge is 0.492 e. The van der Waals surface area contributed by atoms with E-state index in [-0.39, 0.29) is 22.3 Å². The summed E-state index contributed by atoms with van der Waals surface area (Å²) in [6.45, 7) is 14.2. The Morgan fingerprint density at radius 1 is 0.604 bits per heavy atom. The number of allylic oxidation sites excluding steroid dienone is 2. The summed E-state index contributed by atoms with van der Waals surface area (Å²) >= 11 is 4.67. The number of nitriles is 4. The van der Waals surface area contributed by atoms with E-state index in [9.17, 15) is 21.0 Å². The number of fused-ring (bicyclic) bond motifs is 5. The lowest BCUT2D eigenvalue weighted by Gasteiger charge is -2.25. The fourth-order valence-corrected chi connectivity index (χ4v) is 10.6. The molecule has 2 aromatic carbocycles. The highest BCUT2D eigenvalue weighted by Gasteiger charge is 2.39. The van der Waals surface area contributed by atoms with Gasteiger partial charge in [0.1, 0.15) is 45.8 Å². The predicted octanol–water partition coefficient (Wildman–Crippen LogP) is 11.7. The maximum absolute atomic E-state index is 9.32. The van der Waals surface area contributed by atoms with Crippen molar-refractivity contribution in [3.05, 3.63) is 68.4 Å². The van der Waals surface area contributed by atoms with Gasteiger partial charge < -0.3 is 9.47 Å².